The van der Waals surface area contributed by atoms with Gasteiger partial charge in [0.15, 0.2) is 0 Å². The summed E-state index contributed by atoms with van der Waals surface area (Å²) < 4.78 is 38.3. The summed E-state index contributed by atoms with van der Waals surface area (Å²) in [6, 6.07) is 5.80. The number of hydrogen-bond donors (Lipinski definition) is 1. The highest BCUT2D eigenvalue weighted by atomic mass is 32.2. The zero-order chi connectivity index (χ0) is 15.5. The van der Waals surface area contributed by atoms with Crippen LogP contribution in [0.2, 0.25) is 0 Å². The lowest BCUT2D eigenvalue weighted by atomic mass is 10.1. The van der Waals surface area contributed by atoms with Gasteiger partial charge < -0.3 is 4.90 Å². The Morgan fingerprint density at radius 1 is 1.33 bits per heavy atom. The Balaban J connectivity index is 1.87. The molecule has 5 nitrogen and oxygen atoms in total. The smallest absolute Gasteiger partial charge is 0.224 e. The standard InChI is InChI=1S/C14H19FN2O3S/c1-2-21(19,20)16-13-9-14(18)17(10-13)8-7-11-3-5-12(15)6-4-11/h3-6,13,16H,2,7-10H2,1H3. The zero-order valence-electron chi connectivity index (χ0n) is 11.9. The monoisotopic (exact) mass is 314 g/mol. The summed E-state index contributed by atoms with van der Waals surface area (Å²) in [4.78, 5) is 13.5. The number of rotatable bonds is 6. The Morgan fingerprint density at radius 2 is 2.00 bits per heavy atom. The van der Waals surface area contributed by atoms with E-state index in [2.05, 4.69) is 4.72 Å². The van der Waals surface area contributed by atoms with Gasteiger partial charge in [-0.1, -0.05) is 12.1 Å². The van der Waals surface area contributed by atoms with Crippen LogP contribution in [0.4, 0.5) is 4.39 Å². The molecule has 1 heterocycles. The molecule has 1 unspecified atom stereocenters. The number of nitrogens with one attached hydrogen (secondary N) is 1. The average Bonchev–Trinajstić information content (AvgIpc) is 2.77. The zero-order valence-corrected chi connectivity index (χ0v) is 12.7. The fourth-order valence-corrected chi connectivity index (χ4v) is 3.15. The summed E-state index contributed by atoms with van der Waals surface area (Å²) in [7, 11) is -3.29. The molecule has 2 rings (SSSR count). The molecular weight excluding hydrogens is 295 g/mol. The second kappa shape index (κ2) is 6.53. The van der Waals surface area contributed by atoms with E-state index in [0.29, 0.717) is 19.5 Å². The lowest BCUT2D eigenvalue weighted by Crippen LogP contribution is -2.38. The van der Waals surface area contributed by atoms with Crippen LogP contribution in [-0.2, 0) is 21.2 Å². The Labute approximate surface area is 124 Å². The third kappa shape index (κ3) is 4.50. The van der Waals surface area contributed by atoms with Crippen LogP contribution in [0.25, 0.3) is 0 Å². The highest BCUT2D eigenvalue weighted by Gasteiger charge is 2.31. The molecule has 0 radical (unpaired) electrons. The first kappa shape index (κ1) is 15.9. The number of likely N-dealkylation sites (tertiary alicyclic amines) is 1. The van der Waals surface area contributed by atoms with Crippen LogP contribution in [0, 0.1) is 5.82 Å². The van der Waals surface area contributed by atoms with Crippen molar-refractivity contribution in [3.05, 3.63) is 35.6 Å². The number of sulfonamides is 1. The quantitative estimate of drug-likeness (QED) is 0.849. The van der Waals surface area contributed by atoms with Gasteiger partial charge >= 0.3 is 0 Å². The SMILES string of the molecule is CCS(=O)(=O)NC1CC(=O)N(CCc2ccc(F)cc2)C1. The van der Waals surface area contributed by atoms with Crippen molar-refractivity contribution in [2.24, 2.45) is 0 Å². The van der Waals surface area contributed by atoms with E-state index in [0.717, 1.165) is 5.56 Å². The Kier molecular flexibility index (Phi) is 4.95. The van der Waals surface area contributed by atoms with Gasteiger partial charge in [0.05, 0.1) is 5.75 Å². The molecule has 0 bridgehead atoms. The molecule has 116 valence electrons. The van der Waals surface area contributed by atoms with Crippen LogP contribution >= 0.6 is 0 Å². The molecular formula is C14H19FN2O3S. The highest BCUT2D eigenvalue weighted by molar-refractivity contribution is 7.89. The number of amides is 1. The molecule has 1 aliphatic rings. The summed E-state index contributed by atoms with van der Waals surface area (Å²) in [5.41, 5.74) is 0.946. The maximum absolute atomic E-state index is 12.8. The molecule has 7 heteroatoms. The van der Waals surface area contributed by atoms with E-state index in [-0.39, 0.29) is 29.9 Å². The molecule has 1 amide bonds. The van der Waals surface area contributed by atoms with Crippen molar-refractivity contribution in [2.75, 3.05) is 18.8 Å². The van der Waals surface area contributed by atoms with Crippen molar-refractivity contribution in [3.8, 4) is 0 Å². The molecule has 1 aromatic carbocycles. The molecule has 0 spiro atoms. The Bertz CT molecular complexity index is 601. The largest absolute Gasteiger partial charge is 0.341 e. The molecule has 0 saturated carbocycles. The molecule has 1 atom stereocenters. The summed E-state index contributed by atoms with van der Waals surface area (Å²) in [5.74, 6) is -0.335. The van der Waals surface area contributed by atoms with E-state index in [9.17, 15) is 17.6 Å². The van der Waals surface area contributed by atoms with E-state index < -0.39 is 10.0 Å². The van der Waals surface area contributed by atoms with Crippen molar-refractivity contribution in [1.82, 2.24) is 9.62 Å². The topological polar surface area (TPSA) is 66.5 Å². The summed E-state index contributed by atoms with van der Waals surface area (Å²) in [5, 5.41) is 0. The fraction of sp³-hybridized carbons (Fsp3) is 0.500. The lowest BCUT2D eigenvalue weighted by molar-refractivity contribution is -0.127. The van der Waals surface area contributed by atoms with Gasteiger partial charge in [-0.3, -0.25) is 4.79 Å². The number of benzene rings is 1. The van der Waals surface area contributed by atoms with Gasteiger partial charge in [0.25, 0.3) is 0 Å². The maximum Gasteiger partial charge on any atom is 0.224 e. The van der Waals surface area contributed by atoms with Gasteiger partial charge in [0, 0.05) is 25.6 Å². The maximum atomic E-state index is 12.8. The minimum absolute atomic E-state index is 0.00721. The van der Waals surface area contributed by atoms with Gasteiger partial charge in [0.2, 0.25) is 15.9 Å². The molecule has 1 aliphatic heterocycles. The van der Waals surface area contributed by atoms with Crippen LogP contribution in [0.5, 0.6) is 0 Å². The highest BCUT2D eigenvalue weighted by Crippen LogP contribution is 2.13. The summed E-state index contributed by atoms with van der Waals surface area (Å²) in [6.07, 6.45) is 0.821. The minimum Gasteiger partial charge on any atom is -0.341 e. The van der Waals surface area contributed by atoms with Crippen molar-refractivity contribution in [2.45, 2.75) is 25.8 Å². The summed E-state index contributed by atoms with van der Waals surface area (Å²) in [6.45, 7) is 2.46. The van der Waals surface area contributed by atoms with Crippen molar-refractivity contribution in [3.63, 3.8) is 0 Å². The first-order chi connectivity index (χ1) is 9.89. The van der Waals surface area contributed by atoms with Crippen molar-refractivity contribution in [1.29, 1.82) is 0 Å². The Morgan fingerprint density at radius 3 is 2.62 bits per heavy atom. The Hall–Kier alpha value is -1.47. The fourth-order valence-electron chi connectivity index (χ4n) is 2.32. The molecule has 0 aromatic heterocycles. The second-order valence-corrected chi connectivity index (χ2v) is 7.18. The van der Waals surface area contributed by atoms with Crippen LogP contribution in [-0.4, -0.2) is 44.1 Å². The van der Waals surface area contributed by atoms with E-state index in [1.165, 1.54) is 12.1 Å². The van der Waals surface area contributed by atoms with Crippen LogP contribution < -0.4 is 4.72 Å². The average molecular weight is 314 g/mol. The number of carbonyl (C=O) groups excluding carboxylic acids is 1. The number of hydrogen-bond acceptors (Lipinski definition) is 3. The second-order valence-electron chi connectivity index (χ2n) is 5.14. The first-order valence-electron chi connectivity index (χ1n) is 6.92. The minimum atomic E-state index is -3.29. The van der Waals surface area contributed by atoms with Crippen molar-refractivity contribution >= 4 is 15.9 Å². The number of nitrogens with zero attached hydrogens (tertiary/aromatic N) is 1. The van der Waals surface area contributed by atoms with Gasteiger partial charge in [-0.2, -0.15) is 0 Å². The molecule has 1 saturated heterocycles. The van der Waals surface area contributed by atoms with Gasteiger partial charge in [0.1, 0.15) is 5.82 Å². The van der Waals surface area contributed by atoms with E-state index in [1.807, 2.05) is 0 Å². The van der Waals surface area contributed by atoms with Gasteiger partial charge in [-0.05, 0) is 31.0 Å². The first-order valence-corrected chi connectivity index (χ1v) is 8.57. The van der Waals surface area contributed by atoms with Crippen molar-refractivity contribution < 1.29 is 17.6 Å². The normalized spacial score (nSPS) is 19.2. The van der Waals surface area contributed by atoms with Gasteiger partial charge in [-0.15, -0.1) is 0 Å². The molecule has 21 heavy (non-hydrogen) atoms. The van der Waals surface area contributed by atoms with E-state index >= 15 is 0 Å². The van der Waals surface area contributed by atoms with Crippen LogP contribution in [0.1, 0.15) is 18.9 Å². The predicted molar refractivity (Wildman–Crippen MR) is 77.7 cm³/mol. The molecule has 1 fully saturated rings. The molecule has 1 aromatic rings. The van der Waals surface area contributed by atoms with Crippen LogP contribution in [0.15, 0.2) is 24.3 Å². The lowest BCUT2D eigenvalue weighted by Gasteiger charge is -2.17. The third-order valence-electron chi connectivity index (χ3n) is 3.52. The van der Waals surface area contributed by atoms with Crippen LogP contribution in [0.3, 0.4) is 0 Å². The van der Waals surface area contributed by atoms with E-state index in [4.69, 9.17) is 0 Å². The number of halogens is 1. The third-order valence-corrected chi connectivity index (χ3v) is 4.98. The van der Waals surface area contributed by atoms with Gasteiger partial charge in [-0.25, -0.2) is 17.5 Å². The number of carbonyl (C=O) groups is 1. The molecule has 1 N–H and O–H groups in total. The molecule has 0 aliphatic carbocycles. The van der Waals surface area contributed by atoms with E-state index in [1.54, 1.807) is 24.0 Å². The predicted octanol–water partition coefficient (Wildman–Crippen LogP) is 0.908. The summed E-state index contributed by atoms with van der Waals surface area (Å²) >= 11 is 0.